The van der Waals surface area contributed by atoms with Crippen LogP contribution in [0.4, 0.5) is 0 Å². The van der Waals surface area contributed by atoms with Crippen LogP contribution < -0.4 is 10.0 Å². The van der Waals surface area contributed by atoms with Crippen molar-refractivity contribution in [3.05, 3.63) is 82.3 Å². The molecule has 1 aromatic carbocycles. The fourth-order valence-electron chi connectivity index (χ4n) is 2.65. The zero-order valence-electron chi connectivity index (χ0n) is 15.3. The van der Waals surface area contributed by atoms with Gasteiger partial charge in [-0.05, 0) is 66.8 Å². The summed E-state index contributed by atoms with van der Waals surface area (Å²) in [7, 11) is -3.61. The van der Waals surface area contributed by atoms with Crippen molar-refractivity contribution in [3.8, 4) is 0 Å². The highest BCUT2D eigenvalue weighted by Gasteiger charge is 2.16. The summed E-state index contributed by atoms with van der Waals surface area (Å²) in [5.74, 6) is -0.265. The van der Waals surface area contributed by atoms with Gasteiger partial charge in [0.05, 0.1) is 10.9 Å². The molecule has 2 N–H and O–H groups in total. The number of benzene rings is 1. The third-order valence-electron chi connectivity index (χ3n) is 4.22. The molecule has 1 atom stereocenters. The lowest BCUT2D eigenvalue weighted by Gasteiger charge is -2.14. The molecule has 0 spiro atoms. The van der Waals surface area contributed by atoms with E-state index in [2.05, 4.69) is 15.0 Å². The van der Waals surface area contributed by atoms with E-state index in [4.69, 9.17) is 0 Å². The number of nitrogens with zero attached hydrogens (tertiary/aromatic N) is 1. The standard InChI is InChI=1S/C20H21N3O3S2/c1-15(16-8-11-21-12-9-16)23-20(24)17-4-6-19(7-5-17)28(25,26)22-13-10-18-3-2-14-27-18/h2-9,11-12,14-15,22H,10,13H2,1H3,(H,23,24)/t15-/m0/s1. The molecule has 1 amide bonds. The van der Waals surface area contributed by atoms with Crippen LogP contribution in [0.2, 0.25) is 0 Å². The van der Waals surface area contributed by atoms with E-state index in [0.717, 1.165) is 10.4 Å². The number of amides is 1. The summed E-state index contributed by atoms with van der Waals surface area (Å²) < 4.78 is 27.4. The summed E-state index contributed by atoms with van der Waals surface area (Å²) >= 11 is 1.59. The summed E-state index contributed by atoms with van der Waals surface area (Å²) in [6.07, 6.45) is 3.98. The van der Waals surface area contributed by atoms with E-state index in [1.54, 1.807) is 23.7 Å². The first-order valence-corrected chi connectivity index (χ1v) is 11.1. The molecule has 2 aromatic heterocycles. The highest BCUT2D eigenvalue weighted by atomic mass is 32.2. The molecule has 0 radical (unpaired) electrons. The summed E-state index contributed by atoms with van der Waals surface area (Å²) in [5.41, 5.74) is 1.34. The molecule has 146 valence electrons. The van der Waals surface area contributed by atoms with Crippen LogP contribution in [0.3, 0.4) is 0 Å². The Bertz CT molecular complexity index is 1000. The van der Waals surface area contributed by atoms with E-state index in [1.165, 1.54) is 24.3 Å². The minimum absolute atomic E-state index is 0.136. The maximum absolute atomic E-state index is 12.4. The normalized spacial score (nSPS) is 12.5. The second-order valence-electron chi connectivity index (χ2n) is 6.23. The van der Waals surface area contributed by atoms with Gasteiger partial charge in [0, 0.05) is 29.4 Å². The molecule has 0 fully saturated rings. The van der Waals surface area contributed by atoms with Gasteiger partial charge in [-0.25, -0.2) is 13.1 Å². The predicted octanol–water partition coefficient (Wildman–Crippen LogP) is 3.16. The Morgan fingerprint density at radius 1 is 1.11 bits per heavy atom. The number of thiophene rings is 1. The molecule has 3 aromatic rings. The van der Waals surface area contributed by atoms with Crippen molar-refractivity contribution < 1.29 is 13.2 Å². The first-order chi connectivity index (χ1) is 13.5. The molecule has 0 saturated heterocycles. The smallest absolute Gasteiger partial charge is 0.251 e. The van der Waals surface area contributed by atoms with Crippen molar-refractivity contribution >= 4 is 27.3 Å². The van der Waals surface area contributed by atoms with E-state index in [-0.39, 0.29) is 16.8 Å². The third-order valence-corrected chi connectivity index (χ3v) is 6.64. The van der Waals surface area contributed by atoms with Gasteiger partial charge in [-0.1, -0.05) is 6.07 Å². The lowest BCUT2D eigenvalue weighted by Crippen LogP contribution is -2.27. The Hall–Kier alpha value is -2.55. The number of pyridine rings is 1. The van der Waals surface area contributed by atoms with Crippen LogP contribution >= 0.6 is 11.3 Å². The van der Waals surface area contributed by atoms with Crippen LogP contribution in [0.1, 0.15) is 33.8 Å². The topological polar surface area (TPSA) is 88.2 Å². The molecule has 0 aliphatic carbocycles. The molecule has 0 saturated carbocycles. The molecule has 0 aliphatic rings. The van der Waals surface area contributed by atoms with Gasteiger partial charge < -0.3 is 5.32 Å². The average molecular weight is 416 g/mol. The second-order valence-corrected chi connectivity index (χ2v) is 9.03. The second kappa shape index (κ2) is 9.09. The molecule has 0 unspecified atom stereocenters. The van der Waals surface area contributed by atoms with E-state index >= 15 is 0 Å². The fourth-order valence-corrected chi connectivity index (χ4v) is 4.39. The summed E-state index contributed by atoms with van der Waals surface area (Å²) in [4.78, 5) is 17.6. The molecule has 6 nitrogen and oxygen atoms in total. The van der Waals surface area contributed by atoms with Gasteiger partial charge in [0.25, 0.3) is 5.91 Å². The van der Waals surface area contributed by atoms with Gasteiger partial charge >= 0.3 is 0 Å². The Balaban J connectivity index is 1.59. The Morgan fingerprint density at radius 3 is 2.46 bits per heavy atom. The van der Waals surface area contributed by atoms with Gasteiger partial charge in [-0.2, -0.15) is 0 Å². The first-order valence-electron chi connectivity index (χ1n) is 8.78. The lowest BCUT2D eigenvalue weighted by molar-refractivity contribution is 0.0939. The van der Waals surface area contributed by atoms with Crippen molar-refractivity contribution in [2.24, 2.45) is 0 Å². The largest absolute Gasteiger partial charge is 0.346 e. The maximum atomic E-state index is 12.4. The third kappa shape index (κ3) is 5.25. The Morgan fingerprint density at radius 2 is 1.82 bits per heavy atom. The maximum Gasteiger partial charge on any atom is 0.251 e. The van der Waals surface area contributed by atoms with Crippen molar-refractivity contribution in [2.45, 2.75) is 24.3 Å². The minimum Gasteiger partial charge on any atom is -0.346 e. The zero-order valence-corrected chi connectivity index (χ0v) is 17.0. The number of carbonyl (C=O) groups excluding carboxylic acids is 1. The van der Waals surface area contributed by atoms with E-state index in [1.807, 2.05) is 36.6 Å². The summed E-state index contributed by atoms with van der Waals surface area (Å²) in [5, 5.41) is 4.85. The summed E-state index contributed by atoms with van der Waals surface area (Å²) in [6, 6.07) is 13.3. The minimum atomic E-state index is -3.61. The van der Waals surface area contributed by atoms with Crippen LogP contribution in [-0.2, 0) is 16.4 Å². The summed E-state index contributed by atoms with van der Waals surface area (Å²) in [6.45, 7) is 2.21. The zero-order chi connectivity index (χ0) is 20.0. The number of nitrogens with one attached hydrogen (secondary N) is 2. The number of sulfonamides is 1. The van der Waals surface area contributed by atoms with Crippen molar-refractivity contribution in [1.29, 1.82) is 0 Å². The number of aromatic nitrogens is 1. The highest BCUT2D eigenvalue weighted by Crippen LogP contribution is 2.14. The number of rotatable bonds is 8. The van der Waals surface area contributed by atoms with Gasteiger partial charge in [0.1, 0.15) is 0 Å². The lowest BCUT2D eigenvalue weighted by atomic mass is 10.1. The number of hydrogen-bond donors (Lipinski definition) is 2. The number of carbonyl (C=O) groups is 1. The number of hydrogen-bond acceptors (Lipinski definition) is 5. The molecule has 0 bridgehead atoms. The van der Waals surface area contributed by atoms with Crippen LogP contribution in [0, 0.1) is 0 Å². The van der Waals surface area contributed by atoms with Crippen LogP contribution in [-0.4, -0.2) is 25.9 Å². The molecule has 3 rings (SSSR count). The highest BCUT2D eigenvalue weighted by molar-refractivity contribution is 7.89. The molecule has 0 aliphatic heterocycles. The molecule has 2 heterocycles. The molecular formula is C20H21N3O3S2. The van der Waals surface area contributed by atoms with E-state index < -0.39 is 10.0 Å². The average Bonchev–Trinajstić information content (AvgIpc) is 3.22. The van der Waals surface area contributed by atoms with Gasteiger partial charge in [-0.15, -0.1) is 11.3 Å². The van der Waals surface area contributed by atoms with Crippen molar-refractivity contribution in [2.75, 3.05) is 6.54 Å². The van der Waals surface area contributed by atoms with Crippen LogP contribution in [0.25, 0.3) is 0 Å². The predicted molar refractivity (Wildman–Crippen MR) is 110 cm³/mol. The van der Waals surface area contributed by atoms with Crippen LogP contribution in [0.15, 0.2) is 71.2 Å². The van der Waals surface area contributed by atoms with E-state index in [9.17, 15) is 13.2 Å². The molecule has 8 heteroatoms. The Labute approximate surface area is 168 Å². The molecular weight excluding hydrogens is 394 g/mol. The van der Waals surface area contributed by atoms with E-state index in [0.29, 0.717) is 18.5 Å². The Kier molecular flexibility index (Phi) is 6.56. The van der Waals surface area contributed by atoms with Crippen molar-refractivity contribution in [1.82, 2.24) is 15.0 Å². The monoisotopic (exact) mass is 415 g/mol. The first kappa shape index (κ1) is 20.2. The quantitative estimate of drug-likeness (QED) is 0.592. The van der Waals surface area contributed by atoms with Crippen LogP contribution in [0.5, 0.6) is 0 Å². The van der Waals surface area contributed by atoms with Gasteiger partial charge in [0.2, 0.25) is 10.0 Å². The SMILES string of the molecule is C[C@H](NC(=O)c1ccc(S(=O)(=O)NCCc2cccs2)cc1)c1ccncc1. The van der Waals surface area contributed by atoms with Crippen molar-refractivity contribution in [3.63, 3.8) is 0 Å². The van der Waals surface area contributed by atoms with Gasteiger partial charge in [0.15, 0.2) is 0 Å². The molecule has 28 heavy (non-hydrogen) atoms. The fraction of sp³-hybridized carbons (Fsp3) is 0.200. The van der Waals surface area contributed by atoms with Gasteiger partial charge in [-0.3, -0.25) is 9.78 Å².